The molecule has 0 fully saturated rings. The third kappa shape index (κ3) is 2.24. The van der Waals surface area contributed by atoms with Crippen molar-refractivity contribution >= 4 is 10.9 Å². The quantitative estimate of drug-likeness (QED) is 0.439. The molecule has 1 heterocycles. The fraction of sp³-hybridized carbons (Fsp3) is 0.333. The number of nitrogens with zero attached hydrogens (tertiary/aromatic N) is 4. The van der Waals surface area contributed by atoms with Gasteiger partial charge in [-0.2, -0.15) is 0 Å². The van der Waals surface area contributed by atoms with Crippen LogP contribution in [0.4, 0.5) is 4.39 Å². The summed E-state index contributed by atoms with van der Waals surface area (Å²) < 4.78 is 15.1. The van der Waals surface area contributed by atoms with Gasteiger partial charge in [-0.25, -0.2) is 4.39 Å². The summed E-state index contributed by atoms with van der Waals surface area (Å²) in [6.45, 7) is 4.39. The minimum atomic E-state index is -0.235. The zero-order valence-electron chi connectivity index (χ0n) is 9.76. The van der Waals surface area contributed by atoms with Gasteiger partial charge in [0.15, 0.2) is 0 Å². The lowest BCUT2D eigenvalue weighted by Crippen LogP contribution is -2.08. The van der Waals surface area contributed by atoms with Gasteiger partial charge in [0, 0.05) is 28.6 Å². The molecule has 0 saturated carbocycles. The van der Waals surface area contributed by atoms with Crippen molar-refractivity contribution in [3.8, 4) is 0 Å². The van der Waals surface area contributed by atoms with Crippen molar-refractivity contribution in [3.63, 3.8) is 0 Å². The summed E-state index contributed by atoms with van der Waals surface area (Å²) in [7, 11) is 0. The zero-order valence-corrected chi connectivity index (χ0v) is 9.76. The van der Waals surface area contributed by atoms with Crippen LogP contribution in [-0.2, 0) is 6.54 Å². The number of aryl methyl sites for hydroxylation is 1. The smallest absolute Gasteiger partial charge is 0.123 e. The van der Waals surface area contributed by atoms with E-state index in [-0.39, 0.29) is 11.9 Å². The van der Waals surface area contributed by atoms with E-state index < -0.39 is 0 Å². The number of benzene rings is 1. The molecule has 0 amide bonds. The molecule has 1 aromatic heterocycles. The van der Waals surface area contributed by atoms with Crippen LogP contribution in [0.15, 0.2) is 29.5 Å². The van der Waals surface area contributed by atoms with Crippen molar-refractivity contribution in [2.45, 2.75) is 26.4 Å². The molecular weight excluding hydrogens is 219 g/mol. The van der Waals surface area contributed by atoms with E-state index in [1.807, 2.05) is 24.6 Å². The third-order valence-electron chi connectivity index (χ3n) is 2.75. The summed E-state index contributed by atoms with van der Waals surface area (Å²) in [5.41, 5.74) is 10.4. The van der Waals surface area contributed by atoms with Crippen molar-refractivity contribution < 1.29 is 4.39 Å². The van der Waals surface area contributed by atoms with Gasteiger partial charge in [-0.3, -0.25) is 0 Å². The Morgan fingerprint density at radius 1 is 1.53 bits per heavy atom. The van der Waals surface area contributed by atoms with Crippen molar-refractivity contribution in [2.24, 2.45) is 5.11 Å². The van der Waals surface area contributed by atoms with Crippen LogP contribution in [0.3, 0.4) is 0 Å². The van der Waals surface area contributed by atoms with Gasteiger partial charge in [-0.15, -0.1) is 0 Å². The Bertz CT molecular complexity index is 596. The van der Waals surface area contributed by atoms with Gasteiger partial charge in [0.2, 0.25) is 0 Å². The number of azide groups is 1. The van der Waals surface area contributed by atoms with E-state index in [0.717, 1.165) is 16.5 Å². The first-order valence-corrected chi connectivity index (χ1v) is 5.41. The highest BCUT2D eigenvalue weighted by Crippen LogP contribution is 2.22. The van der Waals surface area contributed by atoms with E-state index in [1.165, 1.54) is 12.1 Å². The van der Waals surface area contributed by atoms with Crippen LogP contribution in [0.25, 0.3) is 21.3 Å². The van der Waals surface area contributed by atoms with Crippen LogP contribution in [0.5, 0.6) is 0 Å². The number of aromatic nitrogens is 1. The predicted molar refractivity (Wildman–Crippen MR) is 65.2 cm³/mol. The third-order valence-corrected chi connectivity index (χ3v) is 2.75. The molecular formula is C12H13FN4. The molecule has 0 radical (unpaired) electrons. The molecule has 5 heteroatoms. The first-order chi connectivity index (χ1) is 8.11. The van der Waals surface area contributed by atoms with Gasteiger partial charge < -0.3 is 4.57 Å². The maximum atomic E-state index is 13.1. The van der Waals surface area contributed by atoms with E-state index in [4.69, 9.17) is 5.53 Å². The zero-order chi connectivity index (χ0) is 12.4. The normalized spacial score (nSPS) is 12.4. The van der Waals surface area contributed by atoms with Crippen molar-refractivity contribution in [3.05, 3.63) is 46.2 Å². The first-order valence-electron chi connectivity index (χ1n) is 5.41. The molecule has 1 aromatic carbocycles. The SMILES string of the molecule is Cc1cn(C[C@H](C)N=[N+]=[N-])c2ccc(F)cc12. The number of hydrogen-bond donors (Lipinski definition) is 0. The summed E-state index contributed by atoms with van der Waals surface area (Å²) in [5.74, 6) is -0.235. The second-order valence-corrected chi connectivity index (χ2v) is 4.18. The average molecular weight is 232 g/mol. The number of rotatable bonds is 3. The van der Waals surface area contributed by atoms with E-state index >= 15 is 0 Å². The van der Waals surface area contributed by atoms with E-state index in [2.05, 4.69) is 10.0 Å². The number of halogens is 1. The molecule has 0 aliphatic rings. The second kappa shape index (κ2) is 4.47. The van der Waals surface area contributed by atoms with Crippen LogP contribution in [0.1, 0.15) is 12.5 Å². The molecule has 0 N–H and O–H groups in total. The molecule has 0 spiro atoms. The van der Waals surface area contributed by atoms with E-state index in [0.29, 0.717) is 6.54 Å². The topological polar surface area (TPSA) is 53.7 Å². The second-order valence-electron chi connectivity index (χ2n) is 4.18. The van der Waals surface area contributed by atoms with Crippen LogP contribution in [-0.4, -0.2) is 10.6 Å². The van der Waals surface area contributed by atoms with Gasteiger partial charge in [0.25, 0.3) is 0 Å². The highest BCUT2D eigenvalue weighted by molar-refractivity contribution is 5.83. The van der Waals surface area contributed by atoms with Crippen molar-refractivity contribution in [1.29, 1.82) is 0 Å². The first kappa shape index (κ1) is 11.5. The number of fused-ring (bicyclic) bond motifs is 1. The van der Waals surface area contributed by atoms with Gasteiger partial charge in [-0.1, -0.05) is 12.0 Å². The van der Waals surface area contributed by atoms with Gasteiger partial charge in [0.05, 0.1) is 6.04 Å². The molecule has 4 nitrogen and oxygen atoms in total. The maximum absolute atomic E-state index is 13.1. The molecule has 2 aromatic rings. The minimum Gasteiger partial charge on any atom is -0.347 e. The summed E-state index contributed by atoms with van der Waals surface area (Å²) >= 11 is 0. The Morgan fingerprint density at radius 2 is 2.29 bits per heavy atom. The van der Waals surface area contributed by atoms with Crippen LogP contribution < -0.4 is 0 Å². The number of hydrogen-bond acceptors (Lipinski definition) is 1. The Hall–Kier alpha value is -2.00. The van der Waals surface area contributed by atoms with Crippen LogP contribution in [0, 0.1) is 12.7 Å². The van der Waals surface area contributed by atoms with Crippen LogP contribution >= 0.6 is 0 Å². The Labute approximate surface area is 98.3 Å². The van der Waals surface area contributed by atoms with Crippen LogP contribution in [0.2, 0.25) is 0 Å². The Balaban J connectivity index is 2.45. The maximum Gasteiger partial charge on any atom is 0.123 e. The highest BCUT2D eigenvalue weighted by Gasteiger charge is 2.08. The molecule has 0 saturated heterocycles. The molecule has 2 rings (SSSR count). The Kier molecular flexibility index (Phi) is 3.02. The van der Waals surface area contributed by atoms with Gasteiger partial charge >= 0.3 is 0 Å². The lowest BCUT2D eigenvalue weighted by molar-refractivity contribution is 0.601. The highest BCUT2D eigenvalue weighted by atomic mass is 19.1. The van der Waals surface area contributed by atoms with E-state index in [9.17, 15) is 4.39 Å². The fourth-order valence-electron chi connectivity index (χ4n) is 2.01. The molecule has 17 heavy (non-hydrogen) atoms. The van der Waals surface area contributed by atoms with Gasteiger partial charge in [0.1, 0.15) is 5.82 Å². The molecule has 1 atom stereocenters. The van der Waals surface area contributed by atoms with Crippen molar-refractivity contribution in [1.82, 2.24) is 4.57 Å². The molecule has 0 unspecified atom stereocenters. The Morgan fingerprint density at radius 3 is 3.00 bits per heavy atom. The van der Waals surface area contributed by atoms with Gasteiger partial charge in [-0.05, 0) is 36.2 Å². The summed E-state index contributed by atoms with van der Waals surface area (Å²) in [5, 5.41) is 4.54. The molecule has 88 valence electrons. The monoisotopic (exact) mass is 232 g/mol. The summed E-state index contributed by atoms with van der Waals surface area (Å²) in [6.07, 6.45) is 1.95. The lowest BCUT2D eigenvalue weighted by Gasteiger charge is -2.07. The summed E-state index contributed by atoms with van der Waals surface area (Å²) in [6, 6.07) is 4.59. The standard InChI is InChI=1S/C12H13FN4/c1-8-6-17(7-9(2)15-16-14)12-4-3-10(13)5-11(8)12/h3-6,9H,7H2,1-2H3/t9-/m0/s1. The molecule has 0 bridgehead atoms. The average Bonchev–Trinajstić information content (AvgIpc) is 2.56. The van der Waals surface area contributed by atoms with E-state index in [1.54, 1.807) is 6.07 Å². The lowest BCUT2D eigenvalue weighted by atomic mass is 10.2. The molecule has 0 aliphatic heterocycles. The largest absolute Gasteiger partial charge is 0.347 e. The predicted octanol–water partition coefficient (Wildman–Crippen LogP) is 3.79. The fourth-order valence-corrected chi connectivity index (χ4v) is 2.01. The van der Waals surface area contributed by atoms with Crippen molar-refractivity contribution in [2.75, 3.05) is 0 Å². The summed E-state index contributed by atoms with van der Waals surface area (Å²) in [4.78, 5) is 2.78. The molecule has 0 aliphatic carbocycles. The minimum absolute atomic E-state index is 0.125.